The number of aliphatic hydroxyl groups excluding tert-OH is 1. The summed E-state index contributed by atoms with van der Waals surface area (Å²) in [6, 6.07) is 0. The van der Waals surface area contributed by atoms with Crippen LogP contribution in [0.1, 0.15) is 20.8 Å². The Morgan fingerprint density at radius 2 is 2.27 bits per heavy atom. The molecule has 0 unspecified atom stereocenters. The summed E-state index contributed by atoms with van der Waals surface area (Å²) in [5.74, 6) is 0.866. The Labute approximate surface area is 95.0 Å². The molecule has 1 aliphatic heterocycles. The molecule has 1 fully saturated rings. The van der Waals surface area contributed by atoms with Crippen LogP contribution < -0.4 is 0 Å². The quantitative estimate of drug-likeness (QED) is 0.742. The van der Waals surface area contributed by atoms with Crippen LogP contribution >= 0.6 is 11.8 Å². The Balaban J connectivity index is 2.45. The zero-order valence-electron chi connectivity index (χ0n) is 9.52. The second-order valence-corrected chi connectivity index (χ2v) is 6.01. The van der Waals surface area contributed by atoms with E-state index in [0.29, 0.717) is 13.1 Å². The molecule has 0 spiro atoms. The van der Waals surface area contributed by atoms with Crippen molar-refractivity contribution >= 4 is 17.9 Å². The molecule has 1 rings (SSSR count). The predicted octanol–water partition coefficient (Wildman–Crippen LogP) is 1.33. The molecule has 0 aromatic rings. The smallest absolute Gasteiger partial charge is 0.410 e. The van der Waals surface area contributed by atoms with Crippen molar-refractivity contribution in [1.29, 1.82) is 0 Å². The molecule has 0 bridgehead atoms. The molecule has 15 heavy (non-hydrogen) atoms. The van der Waals surface area contributed by atoms with Crippen molar-refractivity contribution < 1.29 is 14.6 Å². The summed E-state index contributed by atoms with van der Waals surface area (Å²) in [7, 11) is 0. The monoisotopic (exact) mass is 233 g/mol. The highest BCUT2D eigenvalue weighted by molar-refractivity contribution is 8.00. The molecule has 0 aromatic carbocycles. The first-order valence-corrected chi connectivity index (χ1v) is 6.17. The van der Waals surface area contributed by atoms with Crippen molar-refractivity contribution in [2.75, 3.05) is 25.4 Å². The molecule has 1 saturated heterocycles. The molecular formula is C10H19NO3S. The van der Waals surface area contributed by atoms with Crippen LogP contribution in [0.3, 0.4) is 0 Å². The average molecular weight is 233 g/mol. The van der Waals surface area contributed by atoms with E-state index in [9.17, 15) is 4.79 Å². The lowest BCUT2D eigenvalue weighted by atomic mass is 10.2. The number of ether oxygens (including phenoxy) is 1. The molecule has 88 valence electrons. The van der Waals surface area contributed by atoms with Gasteiger partial charge in [-0.05, 0) is 20.8 Å². The third-order valence-corrected chi connectivity index (χ3v) is 3.18. The minimum Gasteiger partial charge on any atom is -0.444 e. The van der Waals surface area contributed by atoms with Gasteiger partial charge in [-0.1, -0.05) is 0 Å². The lowest BCUT2D eigenvalue weighted by molar-refractivity contribution is 0.0249. The number of carbonyl (C=O) groups excluding carboxylic acids is 1. The van der Waals surface area contributed by atoms with Crippen molar-refractivity contribution in [2.45, 2.75) is 31.6 Å². The highest BCUT2D eigenvalue weighted by atomic mass is 32.2. The summed E-state index contributed by atoms with van der Waals surface area (Å²) in [5, 5.41) is 9.15. The largest absolute Gasteiger partial charge is 0.444 e. The second-order valence-electron chi connectivity index (χ2n) is 4.60. The molecule has 1 amide bonds. The number of amides is 1. The second kappa shape index (κ2) is 5.07. The fraction of sp³-hybridized carbons (Fsp3) is 0.900. The summed E-state index contributed by atoms with van der Waals surface area (Å²) < 4.78 is 5.27. The van der Waals surface area contributed by atoms with E-state index in [-0.39, 0.29) is 18.0 Å². The maximum Gasteiger partial charge on any atom is 0.410 e. The van der Waals surface area contributed by atoms with Crippen LogP contribution in [0.15, 0.2) is 0 Å². The molecule has 1 N–H and O–H groups in total. The van der Waals surface area contributed by atoms with E-state index >= 15 is 0 Å². The van der Waals surface area contributed by atoms with Crippen LogP contribution in [0.25, 0.3) is 0 Å². The molecular weight excluding hydrogens is 214 g/mol. The van der Waals surface area contributed by atoms with E-state index in [1.807, 2.05) is 20.8 Å². The summed E-state index contributed by atoms with van der Waals surface area (Å²) in [6.07, 6.45) is -0.277. The van der Waals surface area contributed by atoms with E-state index in [1.165, 1.54) is 0 Å². The van der Waals surface area contributed by atoms with E-state index in [0.717, 1.165) is 5.75 Å². The first kappa shape index (κ1) is 12.6. The van der Waals surface area contributed by atoms with Gasteiger partial charge in [0, 0.05) is 24.1 Å². The predicted molar refractivity (Wildman–Crippen MR) is 61.1 cm³/mol. The minimum atomic E-state index is -0.448. The van der Waals surface area contributed by atoms with Gasteiger partial charge in [-0.2, -0.15) is 11.8 Å². The normalized spacial score (nSPS) is 22.7. The maximum absolute atomic E-state index is 11.7. The van der Waals surface area contributed by atoms with E-state index in [4.69, 9.17) is 9.84 Å². The summed E-state index contributed by atoms with van der Waals surface area (Å²) in [6.45, 7) is 6.96. The molecule has 0 saturated carbocycles. The topological polar surface area (TPSA) is 49.8 Å². The van der Waals surface area contributed by atoms with Gasteiger partial charge in [0.15, 0.2) is 0 Å². The zero-order chi connectivity index (χ0) is 11.5. The molecule has 4 nitrogen and oxygen atoms in total. The lowest BCUT2D eigenvalue weighted by Gasteiger charge is -2.33. The Bertz CT molecular complexity index is 227. The molecule has 0 aliphatic carbocycles. The van der Waals surface area contributed by atoms with Crippen LogP contribution in [0.4, 0.5) is 4.79 Å². The van der Waals surface area contributed by atoms with Crippen LogP contribution in [-0.4, -0.2) is 52.4 Å². The molecule has 5 heteroatoms. The van der Waals surface area contributed by atoms with Gasteiger partial charge >= 0.3 is 6.09 Å². The van der Waals surface area contributed by atoms with Gasteiger partial charge < -0.3 is 14.7 Å². The Kier molecular flexibility index (Phi) is 4.28. The Morgan fingerprint density at radius 1 is 1.60 bits per heavy atom. The highest BCUT2D eigenvalue weighted by Gasteiger charge is 2.27. The van der Waals surface area contributed by atoms with Crippen LogP contribution in [0, 0.1) is 0 Å². The van der Waals surface area contributed by atoms with Crippen molar-refractivity contribution in [2.24, 2.45) is 0 Å². The first-order chi connectivity index (χ1) is 6.92. The van der Waals surface area contributed by atoms with Gasteiger partial charge in [-0.3, -0.25) is 0 Å². The van der Waals surface area contributed by atoms with Gasteiger partial charge in [0.2, 0.25) is 0 Å². The first-order valence-electron chi connectivity index (χ1n) is 5.13. The van der Waals surface area contributed by atoms with Gasteiger partial charge in [0.1, 0.15) is 5.60 Å². The third kappa shape index (κ3) is 4.30. The summed E-state index contributed by atoms with van der Waals surface area (Å²) in [4.78, 5) is 13.4. The molecule has 1 aliphatic rings. The molecule has 1 atom stereocenters. The number of rotatable bonds is 1. The average Bonchev–Trinajstić information content (AvgIpc) is 2.15. The number of aliphatic hydroxyl groups is 1. The number of nitrogens with zero attached hydrogens (tertiary/aromatic N) is 1. The van der Waals surface area contributed by atoms with E-state index in [1.54, 1.807) is 16.7 Å². The molecule has 0 radical (unpaired) electrons. The number of carbonyl (C=O) groups is 1. The summed E-state index contributed by atoms with van der Waals surface area (Å²) in [5.41, 5.74) is -0.448. The molecule has 1 heterocycles. The van der Waals surface area contributed by atoms with E-state index in [2.05, 4.69) is 0 Å². The van der Waals surface area contributed by atoms with Crippen LogP contribution in [-0.2, 0) is 4.74 Å². The maximum atomic E-state index is 11.7. The third-order valence-electron chi connectivity index (χ3n) is 1.99. The highest BCUT2D eigenvalue weighted by Crippen LogP contribution is 2.20. The van der Waals surface area contributed by atoms with Crippen molar-refractivity contribution in [3.05, 3.63) is 0 Å². The number of hydrogen-bond donors (Lipinski definition) is 1. The zero-order valence-corrected chi connectivity index (χ0v) is 10.3. The van der Waals surface area contributed by atoms with Gasteiger partial charge in [-0.15, -0.1) is 0 Å². The number of hydrogen-bond acceptors (Lipinski definition) is 4. The van der Waals surface area contributed by atoms with Gasteiger partial charge in [-0.25, -0.2) is 4.79 Å². The fourth-order valence-corrected chi connectivity index (χ4v) is 2.37. The lowest BCUT2D eigenvalue weighted by Crippen LogP contribution is -2.45. The standard InChI is InChI=1S/C10H19NO3S/c1-10(2,3)14-9(13)11-4-5-15-8(6-11)7-12/h8,12H,4-7H2,1-3H3/t8-/m0/s1. The van der Waals surface area contributed by atoms with Gasteiger partial charge in [0.05, 0.1) is 6.61 Å². The molecule has 0 aromatic heterocycles. The summed E-state index contributed by atoms with van der Waals surface area (Å²) >= 11 is 1.70. The fourth-order valence-electron chi connectivity index (χ4n) is 1.32. The van der Waals surface area contributed by atoms with Crippen molar-refractivity contribution in [1.82, 2.24) is 4.90 Å². The van der Waals surface area contributed by atoms with Crippen LogP contribution in [0.5, 0.6) is 0 Å². The SMILES string of the molecule is CC(C)(C)OC(=O)N1CCS[C@H](CO)C1. The number of thioether (sulfide) groups is 1. The Morgan fingerprint density at radius 3 is 2.80 bits per heavy atom. The van der Waals surface area contributed by atoms with Gasteiger partial charge in [0.25, 0.3) is 0 Å². The van der Waals surface area contributed by atoms with E-state index < -0.39 is 5.60 Å². The Hall–Kier alpha value is -0.420. The minimum absolute atomic E-state index is 0.115. The van der Waals surface area contributed by atoms with Crippen molar-refractivity contribution in [3.8, 4) is 0 Å². The van der Waals surface area contributed by atoms with Crippen LogP contribution in [0.2, 0.25) is 0 Å². The van der Waals surface area contributed by atoms with Crippen molar-refractivity contribution in [3.63, 3.8) is 0 Å².